The lowest BCUT2D eigenvalue weighted by Crippen LogP contribution is -2.32. The van der Waals surface area contributed by atoms with Gasteiger partial charge in [-0.15, -0.1) is 11.3 Å². The van der Waals surface area contributed by atoms with Crippen LogP contribution in [0.2, 0.25) is 0 Å². The first-order chi connectivity index (χ1) is 11.5. The third-order valence-corrected chi connectivity index (χ3v) is 7.11. The van der Waals surface area contributed by atoms with E-state index in [2.05, 4.69) is 5.32 Å². The highest BCUT2D eigenvalue weighted by Crippen LogP contribution is 2.26. The highest BCUT2D eigenvalue weighted by Gasteiger charge is 2.25. The van der Waals surface area contributed by atoms with Gasteiger partial charge in [-0.1, -0.05) is 31.0 Å². The fraction of sp³-hybridized carbons (Fsp3) is 0.353. The van der Waals surface area contributed by atoms with E-state index in [4.69, 9.17) is 0 Å². The summed E-state index contributed by atoms with van der Waals surface area (Å²) >= 11 is 1.16. The van der Waals surface area contributed by atoms with Gasteiger partial charge in [-0.05, 0) is 31.0 Å². The van der Waals surface area contributed by atoms with E-state index < -0.39 is 10.0 Å². The van der Waals surface area contributed by atoms with E-state index >= 15 is 0 Å². The summed E-state index contributed by atoms with van der Waals surface area (Å²) in [5, 5.41) is 4.51. The molecular formula is C17H20N2O3S2. The second kappa shape index (κ2) is 6.94. The van der Waals surface area contributed by atoms with E-state index in [0.29, 0.717) is 10.6 Å². The molecule has 0 spiro atoms. The van der Waals surface area contributed by atoms with Gasteiger partial charge < -0.3 is 5.32 Å². The van der Waals surface area contributed by atoms with Gasteiger partial charge in [-0.25, -0.2) is 8.42 Å². The number of para-hydroxylation sites is 1. The molecule has 0 saturated heterocycles. The topological polar surface area (TPSA) is 66.5 Å². The minimum Gasteiger partial charge on any atom is -0.349 e. The standard InChI is InChI=1S/C17H20N2O3S2/c1-19(14-9-3-2-4-10-14)24(21,22)15-11-16(23-12-15)17(20)18-13-7-5-6-8-13/h2-4,9-13H,5-8H2,1H3,(H,18,20). The van der Waals surface area contributed by atoms with Gasteiger partial charge in [0.2, 0.25) is 0 Å². The van der Waals surface area contributed by atoms with Gasteiger partial charge in [0.25, 0.3) is 15.9 Å². The van der Waals surface area contributed by atoms with Crippen molar-refractivity contribution >= 4 is 33.0 Å². The minimum absolute atomic E-state index is 0.149. The van der Waals surface area contributed by atoms with Crippen molar-refractivity contribution in [2.45, 2.75) is 36.6 Å². The van der Waals surface area contributed by atoms with E-state index in [0.717, 1.165) is 37.0 Å². The number of nitrogens with zero attached hydrogens (tertiary/aromatic N) is 1. The number of anilines is 1. The first-order valence-electron chi connectivity index (χ1n) is 7.92. The van der Waals surface area contributed by atoms with Crippen LogP contribution < -0.4 is 9.62 Å². The molecule has 0 bridgehead atoms. The first kappa shape index (κ1) is 17.0. The van der Waals surface area contributed by atoms with Crippen molar-refractivity contribution in [3.63, 3.8) is 0 Å². The third kappa shape index (κ3) is 3.47. The fourth-order valence-corrected chi connectivity index (χ4v) is 5.19. The molecule has 0 unspecified atom stereocenters. The first-order valence-corrected chi connectivity index (χ1v) is 10.2. The molecule has 3 rings (SSSR count). The molecule has 1 fully saturated rings. The molecule has 0 atom stereocenters. The normalized spacial score (nSPS) is 15.4. The zero-order valence-corrected chi connectivity index (χ0v) is 15.1. The van der Waals surface area contributed by atoms with Crippen LogP contribution in [0.3, 0.4) is 0 Å². The molecule has 1 aliphatic carbocycles. The van der Waals surface area contributed by atoms with Crippen LogP contribution >= 0.6 is 11.3 Å². The van der Waals surface area contributed by atoms with Crippen molar-refractivity contribution in [2.24, 2.45) is 0 Å². The Hall–Kier alpha value is -1.86. The van der Waals surface area contributed by atoms with Crippen LogP contribution in [0.25, 0.3) is 0 Å². The van der Waals surface area contributed by atoms with E-state index in [-0.39, 0.29) is 16.8 Å². The minimum atomic E-state index is -3.67. The number of rotatable bonds is 5. The van der Waals surface area contributed by atoms with Crippen LogP contribution in [-0.2, 0) is 10.0 Å². The summed E-state index contributed by atoms with van der Waals surface area (Å²) in [6.45, 7) is 0. The monoisotopic (exact) mass is 364 g/mol. The zero-order valence-electron chi connectivity index (χ0n) is 13.4. The predicted molar refractivity (Wildman–Crippen MR) is 96.1 cm³/mol. The maximum Gasteiger partial charge on any atom is 0.264 e. The summed E-state index contributed by atoms with van der Waals surface area (Å²) in [7, 11) is -2.15. The lowest BCUT2D eigenvalue weighted by atomic mass is 10.2. The Balaban J connectivity index is 1.77. The molecule has 1 saturated carbocycles. The molecule has 5 nitrogen and oxygen atoms in total. The average Bonchev–Trinajstić information content (AvgIpc) is 3.26. The molecule has 0 radical (unpaired) electrons. The second-order valence-electron chi connectivity index (χ2n) is 5.91. The summed E-state index contributed by atoms with van der Waals surface area (Å²) in [4.78, 5) is 12.9. The lowest BCUT2D eigenvalue weighted by molar-refractivity contribution is 0.0942. The smallest absolute Gasteiger partial charge is 0.264 e. The fourth-order valence-electron chi connectivity index (χ4n) is 2.83. The van der Waals surface area contributed by atoms with Gasteiger partial charge in [0.05, 0.1) is 15.5 Å². The number of sulfonamides is 1. The van der Waals surface area contributed by atoms with Crippen molar-refractivity contribution in [2.75, 3.05) is 11.4 Å². The van der Waals surface area contributed by atoms with Gasteiger partial charge in [0.1, 0.15) is 0 Å². The van der Waals surface area contributed by atoms with E-state index in [1.165, 1.54) is 22.8 Å². The van der Waals surface area contributed by atoms with Crippen LogP contribution in [-0.4, -0.2) is 27.4 Å². The molecule has 128 valence electrons. The predicted octanol–water partition coefficient (Wildman–Crippen LogP) is 3.25. The highest BCUT2D eigenvalue weighted by atomic mass is 32.2. The molecular weight excluding hydrogens is 344 g/mol. The number of amides is 1. The van der Waals surface area contributed by atoms with Crippen molar-refractivity contribution in [1.29, 1.82) is 0 Å². The largest absolute Gasteiger partial charge is 0.349 e. The zero-order chi connectivity index (χ0) is 17.2. The number of benzene rings is 1. The van der Waals surface area contributed by atoms with Crippen molar-refractivity contribution in [1.82, 2.24) is 5.32 Å². The Morgan fingerprint density at radius 3 is 2.54 bits per heavy atom. The molecule has 7 heteroatoms. The number of carbonyl (C=O) groups is 1. The van der Waals surface area contributed by atoms with E-state index in [1.54, 1.807) is 24.3 Å². The Kier molecular flexibility index (Phi) is 4.91. The summed E-state index contributed by atoms with van der Waals surface area (Å²) in [6.07, 6.45) is 4.27. The molecule has 1 amide bonds. The van der Waals surface area contributed by atoms with Crippen LogP contribution in [0.1, 0.15) is 35.4 Å². The summed E-state index contributed by atoms with van der Waals surface area (Å²) in [5.41, 5.74) is 0.584. The van der Waals surface area contributed by atoms with E-state index in [1.807, 2.05) is 6.07 Å². The lowest BCUT2D eigenvalue weighted by Gasteiger charge is -2.18. The van der Waals surface area contributed by atoms with Crippen molar-refractivity contribution < 1.29 is 13.2 Å². The Morgan fingerprint density at radius 2 is 1.88 bits per heavy atom. The Labute approximate surface area is 146 Å². The van der Waals surface area contributed by atoms with Crippen LogP contribution in [0.5, 0.6) is 0 Å². The van der Waals surface area contributed by atoms with Gasteiger partial charge in [0.15, 0.2) is 0 Å². The molecule has 1 heterocycles. The molecule has 24 heavy (non-hydrogen) atoms. The Morgan fingerprint density at radius 1 is 1.21 bits per heavy atom. The van der Waals surface area contributed by atoms with Crippen molar-refractivity contribution in [3.8, 4) is 0 Å². The summed E-state index contributed by atoms with van der Waals surface area (Å²) in [6, 6.07) is 10.6. The molecule has 1 N–H and O–H groups in total. The third-order valence-electron chi connectivity index (χ3n) is 4.27. The Bertz CT molecular complexity index is 809. The number of nitrogens with one attached hydrogen (secondary N) is 1. The number of carbonyl (C=O) groups excluding carboxylic acids is 1. The summed E-state index contributed by atoms with van der Waals surface area (Å²) in [5.74, 6) is -0.185. The highest BCUT2D eigenvalue weighted by molar-refractivity contribution is 7.93. The van der Waals surface area contributed by atoms with Gasteiger partial charge in [-0.2, -0.15) is 0 Å². The molecule has 1 aliphatic rings. The average molecular weight is 364 g/mol. The van der Waals surface area contributed by atoms with Gasteiger partial charge in [0, 0.05) is 18.5 Å². The van der Waals surface area contributed by atoms with Crippen LogP contribution in [0.15, 0.2) is 46.7 Å². The molecule has 1 aromatic carbocycles. The van der Waals surface area contributed by atoms with E-state index in [9.17, 15) is 13.2 Å². The van der Waals surface area contributed by atoms with Gasteiger partial charge in [-0.3, -0.25) is 9.10 Å². The van der Waals surface area contributed by atoms with Gasteiger partial charge >= 0.3 is 0 Å². The molecule has 2 aromatic rings. The SMILES string of the molecule is CN(c1ccccc1)S(=O)(=O)c1csc(C(=O)NC2CCCC2)c1. The second-order valence-corrected chi connectivity index (χ2v) is 8.79. The maximum absolute atomic E-state index is 12.7. The number of thiophene rings is 1. The van der Waals surface area contributed by atoms with Crippen LogP contribution in [0, 0.1) is 0 Å². The summed E-state index contributed by atoms with van der Waals surface area (Å²) < 4.78 is 26.7. The van der Waals surface area contributed by atoms with Crippen LogP contribution in [0.4, 0.5) is 5.69 Å². The molecule has 1 aromatic heterocycles. The quantitative estimate of drug-likeness (QED) is 0.886. The molecule has 0 aliphatic heterocycles. The number of hydrogen-bond donors (Lipinski definition) is 1. The van der Waals surface area contributed by atoms with Crippen molar-refractivity contribution in [3.05, 3.63) is 46.7 Å². The number of hydrogen-bond acceptors (Lipinski definition) is 4. The maximum atomic E-state index is 12.7.